The highest BCUT2D eigenvalue weighted by Crippen LogP contribution is 2.50. The third-order valence-electron chi connectivity index (χ3n) is 7.97. The minimum Gasteiger partial charge on any atom is -0.491 e. The highest BCUT2D eigenvalue weighted by Gasteiger charge is 2.49. The van der Waals surface area contributed by atoms with Crippen molar-refractivity contribution in [2.75, 3.05) is 57.8 Å². The number of hydrogen-bond donors (Lipinski definition) is 1. The van der Waals surface area contributed by atoms with Crippen molar-refractivity contribution in [2.24, 2.45) is 5.41 Å². The number of hydrogen-bond acceptors (Lipinski definition) is 7. The average molecular weight is 576 g/mol. The van der Waals surface area contributed by atoms with Crippen LogP contribution in [-0.4, -0.2) is 72.5 Å². The topological polar surface area (TPSA) is 85.3 Å². The lowest BCUT2D eigenvalue weighted by molar-refractivity contribution is 0.0127. The van der Waals surface area contributed by atoms with Crippen molar-refractivity contribution in [3.8, 4) is 5.75 Å². The predicted molar refractivity (Wildman–Crippen MR) is 161 cm³/mol. The van der Waals surface area contributed by atoms with Gasteiger partial charge in [-0.25, -0.2) is 8.42 Å². The Kier molecular flexibility index (Phi) is 12.3. The van der Waals surface area contributed by atoms with Crippen LogP contribution in [-0.2, 0) is 19.3 Å². The first-order valence-electron chi connectivity index (χ1n) is 14.8. The lowest BCUT2D eigenvalue weighted by Gasteiger charge is -2.40. The summed E-state index contributed by atoms with van der Waals surface area (Å²) < 4.78 is 44.6. The van der Waals surface area contributed by atoms with Gasteiger partial charge in [-0.2, -0.15) is 0 Å². The van der Waals surface area contributed by atoms with Gasteiger partial charge in [-0.15, -0.1) is 0 Å². The maximum absolute atomic E-state index is 14.0. The second-order valence-corrected chi connectivity index (χ2v) is 13.1. The van der Waals surface area contributed by atoms with Crippen LogP contribution in [0.15, 0.2) is 47.4 Å². The van der Waals surface area contributed by atoms with E-state index in [1.807, 2.05) is 62.3 Å². The van der Waals surface area contributed by atoms with Gasteiger partial charge in [0.15, 0.2) is 9.84 Å². The maximum atomic E-state index is 14.0. The fourth-order valence-electron chi connectivity index (χ4n) is 5.74. The van der Waals surface area contributed by atoms with Gasteiger partial charge in [0.25, 0.3) is 0 Å². The molecule has 0 aromatic heterocycles. The lowest BCUT2D eigenvalue weighted by atomic mass is 9.68. The lowest BCUT2D eigenvalue weighted by Crippen LogP contribution is -2.43. The minimum absolute atomic E-state index is 0.0313. The van der Waals surface area contributed by atoms with Crippen LogP contribution in [0.25, 0.3) is 0 Å². The molecule has 0 unspecified atom stereocenters. The van der Waals surface area contributed by atoms with Crippen LogP contribution in [0.2, 0.25) is 0 Å². The molecule has 8 heteroatoms. The molecule has 40 heavy (non-hydrogen) atoms. The van der Waals surface area contributed by atoms with E-state index in [1.165, 1.54) is 0 Å². The molecule has 0 radical (unpaired) electrons. The fraction of sp³-hybridized carbons (Fsp3) is 0.625. The summed E-state index contributed by atoms with van der Waals surface area (Å²) in [7, 11) is 0.264. The van der Waals surface area contributed by atoms with E-state index < -0.39 is 27.3 Å². The summed E-state index contributed by atoms with van der Waals surface area (Å²) in [4.78, 5) is 2.30. The number of nitrogens with zero attached hydrogens (tertiary/aromatic N) is 1. The number of rotatable bonds is 16. The normalized spacial score (nSPS) is 19.6. The molecule has 2 atom stereocenters. The number of anilines is 1. The molecule has 2 aromatic rings. The molecule has 0 spiro atoms. The Morgan fingerprint density at radius 1 is 0.900 bits per heavy atom. The second-order valence-electron chi connectivity index (χ2n) is 11.1. The van der Waals surface area contributed by atoms with Crippen molar-refractivity contribution >= 4 is 15.5 Å². The molecule has 7 nitrogen and oxygen atoms in total. The highest BCUT2D eigenvalue weighted by molar-refractivity contribution is 7.91. The van der Waals surface area contributed by atoms with Crippen molar-refractivity contribution in [3.63, 3.8) is 0 Å². The van der Waals surface area contributed by atoms with Crippen LogP contribution in [0.5, 0.6) is 5.75 Å². The molecule has 1 N–H and O–H groups in total. The first-order chi connectivity index (χ1) is 19.2. The van der Waals surface area contributed by atoms with Gasteiger partial charge in [0.1, 0.15) is 12.4 Å². The zero-order chi connectivity index (χ0) is 29.2. The first-order valence-corrected chi connectivity index (χ1v) is 16.4. The molecule has 0 amide bonds. The molecule has 0 saturated heterocycles. The minimum atomic E-state index is -3.62. The van der Waals surface area contributed by atoms with E-state index >= 15 is 0 Å². The summed E-state index contributed by atoms with van der Waals surface area (Å²) >= 11 is 0. The average Bonchev–Trinajstić information content (AvgIpc) is 3.01. The molecule has 224 valence electrons. The molecule has 1 aliphatic rings. The van der Waals surface area contributed by atoms with Gasteiger partial charge in [0.05, 0.1) is 36.6 Å². The standard InChI is InChI=1S/C32H49NO6S/c1-6-9-17-32(18-10-7-2)24-40(35,36)29-16-13-26(33(4)5)23-28(29)30(31(32)34)25-11-14-27(15-12-25)39-22-21-38-20-19-37-8-3/h11-16,23,30-31,34H,6-10,17-22,24H2,1-5H3/t30-,31-/m1/s1. The Bertz CT molecular complexity index is 1140. The van der Waals surface area contributed by atoms with E-state index in [9.17, 15) is 13.5 Å². The predicted octanol–water partition coefficient (Wildman–Crippen LogP) is 5.83. The third kappa shape index (κ3) is 7.99. The van der Waals surface area contributed by atoms with Gasteiger partial charge in [-0.1, -0.05) is 51.7 Å². The van der Waals surface area contributed by atoms with Crippen LogP contribution in [0.3, 0.4) is 0 Å². The molecule has 0 saturated carbocycles. The SMILES string of the molecule is CCCCC1(CCCC)CS(=O)(=O)c2ccc(N(C)C)cc2[C@@H](c2ccc(OCCOCCOCC)cc2)[C@H]1O. The van der Waals surface area contributed by atoms with Crippen molar-refractivity contribution in [3.05, 3.63) is 53.6 Å². The molecule has 1 aliphatic heterocycles. The number of sulfone groups is 1. The number of fused-ring (bicyclic) bond motifs is 1. The zero-order valence-electron chi connectivity index (χ0n) is 25.0. The number of unbranched alkanes of at least 4 members (excludes halogenated alkanes) is 2. The summed E-state index contributed by atoms with van der Waals surface area (Å²) in [6.45, 7) is 8.84. The summed E-state index contributed by atoms with van der Waals surface area (Å²) in [6.07, 6.45) is 4.17. The highest BCUT2D eigenvalue weighted by atomic mass is 32.2. The summed E-state index contributed by atoms with van der Waals surface area (Å²) in [5.41, 5.74) is 1.75. The largest absolute Gasteiger partial charge is 0.491 e. The van der Waals surface area contributed by atoms with Crippen molar-refractivity contribution in [2.45, 2.75) is 76.2 Å². The van der Waals surface area contributed by atoms with Gasteiger partial charge in [-0.3, -0.25) is 0 Å². The van der Waals surface area contributed by atoms with E-state index in [-0.39, 0.29) is 5.75 Å². The van der Waals surface area contributed by atoms with Crippen molar-refractivity contribution in [1.82, 2.24) is 0 Å². The Morgan fingerprint density at radius 2 is 1.52 bits per heavy atom. The Balaban J connectivity index is 1.99. The van der Waals surface area contributed by atoms with Gasteiger partial charge in [-0.05, 0) is 61.2 Å². The summed E-state index contributed by atoms with van der Waals surface area (Å²) in [5, 5.41) is 12.3. The molecule has 2 aromatic carbocycles. The van der Waals surface area contributed by atoms with Gasteiger partial charge in [0, 0.05) is 37.7 Å². The van der Waals surface area contributed by atoms with Gasteiger partial charge >= 0.3 is 0 Å². The first kappa shape index (κ1) is 32.4. The van der Waals surface area contributed by atoms with Crippen LogP contribution < -0.4 is 9.64 Å². The van der Waals surface area contributed by atoms with E-state index in [2.05, 4.69) is 13.8 Å². The van der Waals surface area contributed by atoms with Gasteiger partial charge < -0.3 is 24.2 Å². The number of aliphatic hydroxyl groups excluding tert-OH is 1. The van der Waals surface area contributed by atoms with Crippen molar-refractivity contribution < 1.29 is 27.7 Å². The van der Waals surface area contributed by atoms with E-state index in [0.717, 1.165) is 36.9 Å². The molecular weight excluding hydrogens is 526 g/mol. The van der Waals surface area contributed by atoms with E-state index in [0.29, 0.717) is 62.1 Å². The number of ether oxygens (including phenoxy) is 3. The smallest absolute Gasteiger partial charge is 0.179 e. The number of benzene rings is 2. The molecule has 1 heterocycles. The Morgan fingerprint density at radius 3 is 2.12 bits per heavy atom. The molecular formula is C32H49NO6S. The van der Waals surface area contributed by atoms with Crippen molar-refractivity contribution in [1.29, 1.82) is 0 Å². The Hall–Kier alpha value is -2.13. The molecule has 0 fully saturated rings. The van der Waals surface area contributed by atoms with Crippen LogP contribution >= 0.6 is 0 Å². The molecule has 0 aliphatic carbocycles. The van der Waals surface area contributed by atoms with Crippen LogP contribution in [0.4, 0.5) is 5.69 Å². The number of aliphatic hydroxyl groups is 1. The monoisotopic (exact) mass is 575 g/mol. The molecule has 0 bridgehead atoms. The zero-order valence-corrected chi connectivity index (χ0v) is 25.8. The van der Waals surface area contributed by atoms with E-state index in [1.54, 1.807) is 6.07 Å². The van der Waals surface area contributed by atoms with Crippen LogP contribution in [0, 0.1) is 5.41 Å². The quantitative estimate of drug-likeness (QED) is 0.252. The molecule has 3 rings (SSSR count). The summed E-state index contributed by atoms with van der Waals surface area (Å²) in [6, 6.07) is 13.3. The van der Waals surface area contributed by atoms with Crippen LogP contribution in [0.1, 0.15) is 76.3 Å². The Labute approximate surface area is 241 Å². The maximum Gasteiger partial charge on any atom is 0.179 e. The summed E-state index contributed by atoms with van der Waals surface area (Å²) in [5.74, 6) is 0.200. The second kappa shape index (κ2) is 15.2. The van der Waals surface area contributed by atoms with Gasteiger partial charge in [0.2, 0.25) is 0 Å². The van der Waals surface area contributed by atoms with E-state index in [4.69, 9.17) is 14.2 Å². The third-order valence-corrected chi connectivity index (χ3v) is 9.97. The fourth-order valence-corrected chi connectivity index (χ4v) is 7.94.